The fourth-order valence-corrected chi connectivity index (χ4v) is 2.03. The number of rotatable bonds is 8. The van der Waals surface area contributed by atoms with Gasteiger partial charge >= 0.3 is 0 Å². The predicted octanol–water partition coefficient (Wildman–Crippen LogP) is 1.88. The highest BCUT2D eigenvalue weighted by atomic mass is 32.2. The van der Waals surface area contributed by atoms with E-state index in [0.717, 1.165) is 24.8 Å². The van der Waals surface area contributed by atoms with Gasteiger partial charge in [0.1, 0.15) is 0 Å². The summed E-state index contributed by atoms with van der Waals surface area (Å²) in [5, 5.41) is 0.720. The van der Waals surface area contributed by atoms with Crippen LogP contribution in [0, 0.1) is 0 Å². The molecule has 0 saturated heterocycles. The fraction of sp³-hybridized carbons (Fsp3) is 1.00. The standard InChI is InChI=1S/C9H21NOS/c1-9(5-6-10)12-8-4-3-7-11-2/h9H,3-8,10H2,1-2H3. The van der Waals surface area contributed by atoms with Gasteiger partial charge in [-0.15, -0.1) is 0 Å². The van der Waals surface area contributed by atoms with E-state index in [9.17, 15) is 0 Å². The maximum atomic E-state index is 5.45. The van der Waals surface area contributed by atoms with Crippen LogP contribution in [0.2, 0.25) is 0 Å². The van der Waals surface area contributed by atoms with E-state index in [1.54, 1.807) is 7.11 Å². The zero-order chi connectivity index (χ0) is 9.23. The number of unbranched alkanes of at least 4 members (excludes halogenated alkanes) is 1. The highest BCUT2D eigenvalue weighted by Crippen LogP contribution is 2.14. The fourth-order valence-electron chi connectivity index (χ4n) is 0.951. The Balaban J connectivity index is 2.97. The SMILES string of the molecule is COCCCCSC(C)CCN. The number of hydrogen-bond donors (Lipinski definition) is 1. The quantitative estimate of drug-likeness (QED) is 0.595. The molecule has 1 unspecified atom stereocenters. The summed E-state index contributed by atoms with van der Waals surface area (Å²) >= 11 is 2.02. The first-order valence-corrected chi connectivity index (χ1v) is 5.66. The minimum atomic E-state index is 0.720. The van der Waals surface area contributed by atoms with Gasteiger partial charge in [0.05, 0.1) is 0 Å². The summed E-state index contributed by atoms with van der Waals surface area (Å²) < 4.78 is 4.97. The largest absolute Gasteiger partial charge is 0.385 e. The second kappa shape index (κ2) is 9.36. The van der Waals surface area contributed by atoms with Crippen LogP contribution in [-0.4, -0.2) is 31.3 Å². The van der Waals surface area contributed by atoms with Gasteiger partial charge < -0.3 is 10.5 Å². The second-order valence-corrected chi connectivity index (χ2v) is 4.50. The summed E-state index contributed by atoms with van der Waals surface area (Å²) in [7, 11) is 1.75. The van der Waals surface area contributed by atoms with Gasteiger partial charge in [-0.1, -0.05) is 6.92 Å². The van der Waals surface area contributed by atoms with Crippen molar-refractivity contribution in [2.75, 3.05) is 26.0 Å². The van der Waals surface area contributed by atoms with E-state index in [2.05, 4.69) is 6.92 Å². The van der Waals surface area contributed by atoms with Crippen molar-refractivity contribution in [2.45, 2.75) is 31.4 Å². The monoisotopic (exact) mass is 191 g/mol. The molecule has 0 heterocycles. The molecule has 0 aliphatic carbocycles. The molecule has 0 aromatic heterocycles. The summed E-state index contributed by atoms with van der Waals surface area (Å²) in [6.07, 6.45) is 3.57. The van der Waals surface area contributed by atoms with Crippen LogP contribution in [0.3, 0.4) is 0 Å². The molecule has 0 rings (SSSR count). The zero-order valence-electron chi connectivity index (χ0n) is 8.21. The first-order valence-electron chi connectivity index (χ1n) is 4.62. The van der Waals surface area contributed by atoms with E-state index in [1.165, 1.54) is 18.6 Å². The topological polar surface area (TPSA) is 35.2 Å². The molecule has 0 bridgehead atoms. The van der Waals surface area contributed by atoms with E-state index in [1.807, 2.05) is 11.8 Å². The summed E-state index contributed by atoms with van der Waals surface area (Å²) in [6, 6.07) is 0. The maximum absolute atomic E-state index is 5.45. The smallest absolute Gasteiger partial charge is 0.0462 e. The lowest BCUT2D eigenvalue weighted by Gasteiger charge is -2.08. The van der Waals surface area contributed by atoms with E-state index in [4.69, 9.17) is 10.5 Å². The first-order chi connectivity index (χ1) is 5.81. The molecule has 12 heavy (non-hydrogen) atoms. The number of methoxy groups -OCH3 is 1. The van der Waals surface area contributed by atoms with E-state index in [-0.39, 0.29) is 0 Å². The molecule has 74 valence electrons. The van der Waals surface area contributed by atoms with Crippen molar-refractivity contribution in [1.29, 1.82) is 0 Å². The third-order valence-electron chi connectivity index (χ3n) is 1.72. The Labute approximate surface area is 80.2 Å². The first kappa shape index (κ1) is 12.3. The summed E-state index contributed by atoms with van der Waals surface area (Å²) in [5.74, 6) is 1.24. The van der Waals surface area contributed by atoms with Crippen molar-refractivity contribution < 1.29 is 4.74 Å². The predicted molar refractivity (Wildman–Crippen MR) is 56.7 cm³/mol. The Hall–Kier alpha value is 0.270. The average molecular weight is 191 g/mol. The molecule has 0 saturated carbocycles. The second-order valence-electron chi connectivity index (χ2n) is 2.96. The van der Waals surface area contributed by atoms with E-state index >= 15 is 0 Å². The van der Waals surface area contributed by atoms with Crippen LogP contribution in [0.15, 0.2) is 0 Å². The molecular weight excluding hydrogens is 170 g/mol. The Bertz CT molecular complexity index is 90.6. The molecule has 2 N–H and O–H groups in total. The van der Waals surface area contributed by atoms with Crippen molar-refractivity contribution >= 4 is 11.8 Å². The molecule has 0 spiro atoms. The van der Waals surface area contributed by atoms with E-state index < -0.39 is 0 Å². The van der Waals surface area contributed by atoms with Gasteiger partial charge in [0.2, 0.25) is 0 Å². The Kier molecular flexibility index (Phi) is 9.57. The highest BCUT2D eigenvalue weighted by Gasteiger charge is 1.99. The van der Waals surface area contributed by atoms with Gasteiger partial charge in [-0.05, 0) is 31.6 Å². The van der Waals surface area contributed by atoms with Gasteiger partial charge in [-0.25, -0.2) is 0 Å². The molecule has 3 heteroatoms. The molecule has 0 aromatic carbocycles. The maximum Gasteiger partial charge on any atom is 0.0462 e. The van der Waals surface area contributed by atoms with Gasteiger partial charge in [0.15, 0.2) is 0 Å². The van der Waals surface area contributed by atoms with Crippen LogP contribution in [0.25, 0.3) is 0 Å². The third kappa shape index (κ3) is 8.37. The molecule has 2 nitrogen and oxygen atoms in total. The lowest BCUT2D eigenvalue weighted by atomic mass is 10.3. The normalized spacial score (nSPS) is 13.2. The molecule has 0 fully saturated rings. The van der Waals surface area contributed by atoms with E-state index in [0.29, 0.717) is 0 Å². The molecule has 0 radical (unpaired) electrons. The van der Waals surface area contributed by atoms with Crippen LogP contribution >= 0.6 is 11.8 Å². The molecule has 0 amide bonds. The number of nitrogens with two attached hydrogens (primary N) is 1. The van der Waals surface area contributed by atoms with Crippen LogP contribution in [-0.2, 0) is 4.74 Å². The molecular formula is C9H21NOS. The van der Waals surface area contributed by atoms with Crippen molar-refractivity contribution in [3.8, 4) is 0 Å². The Morgan fingerprint density at radius 1 is 1.42 bits per heavy atom. The summed E-state index contributed by atoms with van der Waals surface area (Å²) in [4.78, 5) is 0. The zero-order valence-corrected chi connectivity index (χ0v) is 9.03. The van der Waals surface area contributed by atoms with Crippen molar-refractivity contribution in [3.63, 3.8) is 0 Å². The van der Waals surface area contributed by atoms with Crippen molar-refractivity contribution in [1.82, 2.24) is 0 Å². The number of thioether (sulfide) groups is 1. The van der Waals surface area contributed by atoms with Crippen LogP contribution in [0.5, 0.6) is 0 Å². The van der Waals surface area contributed by atoms with Gasteiger partial charge in [-0.3, -0.25) is 0 Å². The van der Waals surface area contributed by atoms with Crippen LogP contribution < -0.4 is 5.73 Å². The van der Waals surface area contributed by atoms with Gasteiger partial charge in [0.25, 0.3) is 0 Å². The number of hydrogen-bond acceptors (Lipinski definition) is 3. The molecule has 0 aliphatic heterocycles. The number of ether oxygens (including phenoxy) is 1. The minimum Gasteiger partial charge on any atom is -0.385 e. The lowest BCUT2D eigenvalue weighted by Crippen LogP contribution is -2.07. The summed E-state index contributed by atoms with van der Waals surface area (Å²) in [5.41, 5.74) is 5.45. The summed E-state index contributed by atoms with van der Waals surface area (Å²) in [6.45, 7) is 3.95. The molecule has 0 aliphatic rings. The van der Waals surface area contributed by atoms with Crippen LogP contribution in [0.1, 0.15) is 26.2 Å². The van der Waals surface area contributed by atoms with Gasteiger partial charge in [-0.2, -0.15) is 11.8 Å². The molecule has 1 atom stereocenters. The molecule has 0 aromatic rings. The minimum absolute atomic E-state index is 0.720. The highest BCUT2D eigenvalue weighted by molar-refractivity contribution is 7.99. The Morgan fingerprint density at radius 3 is 2.75 bits per heavy atom. The average Bonchev–Trinajstić information content (AvgIpc) is 2.05. The third-order valence-corrected chi connectivity index (χ3v) is 3.05. The van der Waals surface area contributed by atoms with Crippen LogP contribution in [0.4, 0.5) is 0 Å². The van der Waals surface area contributed by atoms with Crippen molar-refractivity contribution in [2.24, 2.45) is 5.73 Å². The lowest BCUT2D eigenvalue weighted by molar-refractivity contribution is 0.194. The Morgan fingerprint density at radius 2 is 2.17 bits per heavy atom. The van der Waals surface area contributed by atoms with Gasteiger partial charge in [0, 0.05) is 19.0 Å². The van der Waals surface area contributed by atoms with Crippen molar-refractivity contribution in [3.05, 3.63) is 0 Å².